The SMILES string of the molecule is COc1ccc2c(C)c(C(=O)N(C)Cc3cnc4ccccc4n3)oc2c1. The molecule has 1 amide bonds. The summed E-state index contributed by atoms with van der Waals surface area (Å²) in [5, 5.41) is 0.901. The third kappa shape index (κ3) is 3.10. The van der Waals surface area contributed by atoms with Crippen molar-refractivity contribution in [2.24, 2.45) is 0 Å². The van der Waals surface area contributed by atoms with Gasteiger partial charge in [-0.15, -0.1) is 0 Å². The maximum atomic E-state index is 12.9. The van der Waals surface area contributed by atoms with E-state index in [0.717, 1.165) is 27.7 Å². The smallest absolute Gasteiger partial charge is 0.289 e. The number of aryl methyl sites for hydroxylation is 1. The first kappa shape index (κ1) is 17.0. The van der Waals surface area contributed by atoms with Crippen LogP contribution in [-0.2, 0) is 6.54 Å². The maximum Gasteiger partial charge on any atom is 0.289 e. The van der Waals surface area contributed by atoms with Crippen LogP contribution in [0.2, 0.25) is 0 Å². The van der Waals surface area contributed by atoms with E-state index in [9.17, 15) is 4.79 Å². The van der Waals surface area contributed by atoms with Crippen molar-refractivity contribution < 1.29 is 13.9 Å². The summed E-state index contributed by atoms with van der Waals surface area (Å²) in [6, 6.07) is 13.2. The van der Waals surface area contributed by atoms with Crippen molar-refractivity contribution in [3.05, 3.63) is 65.7 Å². The Kier molecular flexibility index (Phi) is 4.24. The van der Waals surface area contributed by atoms with Gasteiger partial charge >= 0.3 is 0 Å². The number of benzene rings is 2. The van der Waals surface area contributed by atoms with E-state index in [1.807, 2.05) is 43.3 Å². The second-order valence-electron chi connectivity index (χ2n) is 6.43. The van der Waals surface area contributed by atoms with Gasteiger partial charge in [-0.3, -0.25) is 9.78 Å². The number of furan rings is 1. The normalized spacial score (nSPS) is 11.1. The van der Waals surface area contributed by atoms with Crippen molar-refractivity contribution in [2.75, 3.05) is 14.2 Å². The van der Waals surface area contributed by atoms with Crippen molar-refractivity contribution in [3.63, 3.8) is 0 Å². The Morgan fingerprint density at radius 1 is 1.19 bits per heavy atom. The quantitative estimate of drug-likeness (QED) is 0.550. The topological polar surface area (TPSA) is 68.5 Å². The summed E-state index contributed by atoms with van der Waals surface area (Å²) in [6.45, 7) is 2.23. The lowest BCUT2D eigenvalue weighted by molar-refractivity contribution is 0.0753. The fourth-order valence-electron chi connectivity index (χ4n) is 3.10. The lowest BCUT2D eigenvalue weighted by atomic mass is 10.1. The number of hydrogen-bond donors (Lipinski definition) is 0. The van der Waals surface area contributed by atoms with Gasteiger partial charge in [0.2, 0.25) is 0 Å². The van der Waals surface area contributed by atoms with Crippen LogP contribution in [0.1, 0.15) is 21.8 Å². The molecule has 0 aliphatic carbocycles. The first-order chi connectivity index (χ1) is 13.1. The molecule has 0 aliphatic rings. The number of methoxy groups -OCH3 is 1. The van der Waals surface area contributed by atoms with Gasteiger partial charge in [0.15, 0.2) is 5.76 Å². The molecule has 0 fully saturated rings. The fraction of sp³-hybridized carbons (Fsp3) is 0.190. The Balaban J connectivity index is 1.61. The van der Waals surface area contributed by atoms with Crippen LogP contribution in [0, 0.1) is 6.92 Å². The highest BCUT2D eigenvalue weighted by Gasteiger charge is 2.22. The molecule has 2 heterocycles. The molecule has 0 saturated carbocycles. The van der Waals surface area contributed by atoms with Crippen LogP contribution in [0.5, 0.6) is 5.75 Å². The van der Waals surface area contributed by atoms with E-state index in [0.29, 0.717) is 23.6 Å². The maximum absolute atomic E-state index is 12.9. The van der Waals surface area contributed by atoms with E-state index in [4.69, 9.17) is 9.15 Å². The summed E-state index contributed by atoms with van der Waals surface area (Å²) >= 11 is 0. The van der Waals surface area contributed by atoms with Crippen LogP contribution >= 0.6 is 0 Å². The van der Waals surface area contributed by atoms with Gasteiger partial charge in [-0.25, -0.2) is 4.98 Å². The number of rotatable bonds is 4. The van der Waals surface area contributed by atoms with Crippen LogP contribution in [0.3, 0.4) is 0 Å². The van der Waals surface area contributed by atoms with Crippen molar-refractivity contribution in [2.45, 2.75) is 13.5 Å². The summed E-state index contributed by atoms with van der Waals surface area (Å²) in [6.07, 6.45) is 1.70. The van der Waals surface area contributed by atoms with E-state index in [2.05, 4.69) is 9.97 Å². The van der Waals surface area contributed by atoms with Crippen molar-refractivity contribution in [3.8, 4) is 5.75 Å². The zero-order chi connectivity index (χ0) is 19.0. The number of carbonyl (C=O) groups excluding carboxylic acids is 1. The number of nitrogens with zero attached hydrogens (tertiary/aromatic N) is 3. The monoisotopic (exact) mass is 361 g/mol. The molecular weight excluding hydrogens is 342 g/mol. The van der Waals surface area contributed by atoms with E-state index < -0.39 is 0 Å². The standard InChI is InChI=1S/C21H19N3O3/c1-13-16-9-8-15(26-3)10-19(16)27-20(13)21(25)24(2)12-14-11-22-17-6-4-5-7-18(17)23-14/h4-11H,12H2,1-3H3. The molecule has 0 spiro atoms. The predicted octanol–water partition coefficient (Wildman–Crippen LogP) is 3.97. The minimum Gasteiger partial charge on any atom is -0.497 e. The Morgan fingerprint density at radius 3 is 2.74 bits per heavy atom. The highest BCUT2D eigenvalue weighted by atomic mass is 16.5. The molecule has 0 aliphatic heterocycles. The third-order valence-electron chi connectivity index (χ3n) is 4.58. The average molecular weight is 361 g/mol. The van der Waals surface area contributed by atoms with Crippen molar-refractivity contribution in [1.82, 2.24) is 14.9 Å². The zero-order valence-electron chi connectivity index (χ0n) is 15.4. The summed E-state index contributed by atoms with van der Waals surface area (Å²) in [5.41, 5.74) is 3.81. The van der Waals surface area contributed by atoms with Gasteiger partial charge in [-0.2, -0.15) is 0 Å². The summed E-state index contributed by atoms with van der Waals surface area (Å²) in [5.74, 6) is 0.821. The molecule has 0 atom stereocenters. The van der Waals surface area contributed by atoms with E-state index in [1.165, 1.54) is 0 Å². The summed E-state index contributed by atoms with van der Waals surface area (Å²) < 4.78 is 11.0. The fourth-order valence-corrected chi connectivity index (χ4v) is 3.10. The van der Waals surface area contributed by atoms with Crippen LogP contribution in [0.4, 0.5) is 0 Å². The van der Waals surface area contributed by atoms with E-state index in [1.54, 1.807) is 31.3 Å². The third-order valence-corrected chi connectivity index (χ3v) is 4.58. The van der Waals surface area contributed by atoms with E-state index >= 15 is 0 Å². The number of carbonyl (C=O) groups is 1. The molecular formula is C21H19N3O3. The van der Waals surface area contributed by atoms with Gasteiger partial charge in [0.25, 0.3) is 5.91 Å². The molecule has 0 radical (unpaired) electrons. The lowest BCUT2D eigenvalue weighted by Gasteiger charge is -2.15. The Hall–Kier alpha value is -3.41. The molecule has 27 heavy (non-hydrogen) atoms. The Labute approximate surface area is 156 Å². The molecule has 0 unspecified atom stereocenters. The minimum absolute atomic E-state index is 0.197. The Bertz CT molecular complexity index is 1150. The largest absolute Gasteiger partial charge is 0.497 e. The first-order valence-corrected chi connectivity index (χ1v) is 8.60. The second-order valence-corrected chi connectivity index (χ2v) is 6.43. The minimum atomic E-state index is -0.197. The number of amides is 1. The molecule has 4 rings (SSSR count). The zero-order valence-corrected chi connectivity index (χ0v) is 15.4. The van der Waals surface area contributed by atoms with Gasteiger partial charge < -0.3 is 14.1 Å². The average Bonchev–Trinajstić information content (AvgIpc) is 3.03. The van der Waals surface area contributed by atoms with Gasteiger partial charge in [0, 0.05) is 24.1 Å². The van der Waals surface area contributed by atoms with Crippen LogP contribution in [0.25, 0.3) is 22.0 Å². The van der Waals surface area contributed by atoms with Gasteiger partial charge in [0.1, 0.15) is 11.3 Å². The van der Waals surface area contributed by atoms with Crippen molar-refractivity contribution in [1.29, 1.82) is 0 Å². The van der Waals surface area contributed by atoms with Gasteiger partial charge in [-0.05, 0) is 31.2 Å². The summed E-state index contributed by atoms with van der Waals surface area (Å²) in [7, 11) is 3.33. The number of fused-ring (bicyclic) bond motifs is 2. The highest BCUT2D eigenvalue weighted by Crippen LogP contribution is 2.29. The molecule has 4 aromatic rings. The van der Waals surface area contributed by atoms with Crippen LogP contribution < -0.4 is 4.74 Å². The molecule has 0 N–H and O–H groups in total. The first-order valence-electron chi connectivity index (χ1n) is 8.60. The lowest BCUT2D eigenvalue weighted by Crippen LogP contribution is -2.26. The van der Waals surface area contributed by atoms with Gasteiger partial charge in [-0.1, -0.05) is 12.1 Å². The van der Waals surface area contributed by atoms with Crippen molar-refractivity contribution >= 4 is 27.9 Å². The van der Waals surface area contributed by atoms with Crippen LogP contribution in [0.15, 0.2) is 53.1 Å². The van der Waals surface area contributed by atoms with Gasteiger partial charge in [0.05, 0.1) is 36.6 Å². The van der Waals surface area contributed by atoms with Crippen LogP contribution in [-0.4, -0.2) is 34.9 Å². The Morgan fingerprint density at radius 2 is 1.96 bits per heavy atom. The number of ether oxygens (including phenoxy) is 1. The molecule has 6 nitrogen and oxygen atoms in total. The molecule has 0 bridgehead atoms. The molecule has 2 aromatic heterocycles. The molecule has 6 heteroatoms. The predicted molar refractivity (Wildman–Crippen MR) is 103 cm³/mol. The second kappa shape index (κ2) is 6.72. The molecule has 136 valence electrons. The summed E-state index contributed by atoms with van der Waals surface area (Å²) in [4.78, 5) is 23.5. The number of aromatic nitrogens is 2. The van der Waals surface area contributed by atoms with E-state index in [-0.39, 0.29) is 5.91 Å². The number of para-hydroxylation sites is 2. The molecule has 0 saturated heterocycles. The highest BCUT2D eigenvalue weighted by molar-refractivity contribution is 5.99. The number of hydrogen-bond acceptors (Lipinski definition) is 5. The molecule has 2 aromatic carbocycles.